The number of allylic oxidation sites excluding steroid dienone is 1. The summed E-state index contributed by atoms with van der Waals surface area (Å²) in [4.78, 5) is 21.8. The second-order valence-corrected chi connectivity index (χ2v) is 13.6. The topological polar surface area (TPSA) is 152 Å². The Kier molecular flexibility index (Phi) is 17.0. The highest BCUT2D eigenvalue weighted by Gasteiger charge is 2.65. The predicted octanol–water partition coefficient (Wildman–Crippen LogP) is 5.34. The van der Waals surface area contributed by atoms with Gasteiger partial charge in [-0.05, 0) is 74.6 Å². The number of carbonyl (C=O) groups is 1. The molecule has 1 aromatic rings. The third-order valence-electron chi connectivity index (χ3n) is 10.2. The number of unbranched alkanes of at least 4 members (excludes halogenated alkanes) is 2. The van der Waals surface area contributed by atoms with Gasteiger partial charge in [-0.2, -0.15) is 0 Å². The van der Waals surface area contributed by atoms with Gasteiger partial charge in [-0.25, -0.2) is 4.79 Å². The van der Waals surface area contributed by atoms with Gasteiger partial charge in [0.2, 0.25) is 5.79 Å². The minimum atomic E-state index is -1.32. The van der Waals surface area contributed by atoms with Crippen LogP contribution >= 0.6 is 0 Å². The minimum Gasteiger partial charge on any atom is -0.490 e. The van der Waals surface area contributed by atoms with E-state index in [0.29, 0.717) is 56.9 Å². The largest absolute Gasteiger partial charge is 0.490 e. The lowest BCUT2D eigenvalue weighted by Gasteiger charge is -2.60. The lowest BCUT2D eigenvalue weighted by molar-refractivity contribution is -0.254. The molecule has 0 saturated heterocycles. The van der Waals surface area contributed by atoms with Crippen LogP contribution in [0.5, 0.6) is 11.5 Å². The molecule has 4 rings (SSSR count). The van der Waals surface area contributed by atoms with Gasteiger partial charge >= 0.3 is 6.03 Å². The van der Waals surface area contributed by atoms with Crippen molar-refractivity contribution in [3.8, 4) is 11.5 Å². The molecule has 1 heterocycles. The number of fused-ring (bicyclic) bond motifs is 2. The number of carbonyl (C=O) groups excluding carboxylic acids is 1. The van der Waals surface area contributed by atoms with Crippen molar-refractivity contribution >= 4 is 11.7 Å². The van der Waals surface area contributed by atoms with Crippen molar-refractivity contribution in [2.75, 3.05) is 65.9 Å². The van der Waals surface area contributed by atoms with E-state index in [9.17, 15) is 15.0 Å². The molecule has 0 spiro atoms. The van der Waals surface area contributed by atoms with Crippen LogP contribution in [0.25, 0.3) is 0 Å². The molecule has 4 N–H and O–H groups in total. The zero-order valence-corrected chi connectivity index (χ0v) is 31.2. The number of benzene rings is 1. The SMILES string of the molecule is C=CCOc1ccc2c(c1)[C@H]1[C@H](CCCCO)[C@@H](CCCCO)C=C3C(=NOCC)C[C@H](N(CCC)C(=O)NCCOCCO)[C@@](OCC=C)(O2)[C@H]31. The van der Waals surface area contributed by atoms with E-state index in [1.165, 1.54) is 0 Å². The number of amides is 2. The molecule has 1 aromatic carbocycles. The molecule has 1 aliphatic heterocycles. The van der Waals surface area contributed by atoms with Gasteiger partial charge in [0.15, 0.2) is 0 Å². The Hall–Kier alpha value is -3.42. The summed E-state index contributed by atoms with van der Waals surface area (Å²) >= 11 is 0. The molecular weight excluding hydrogens is 666 g/mol. The predicted molar refractivity (Wildman–Crippen MR) is 201 cm³/mol. The summed E-state index contributed by atoms with van der Waals surface area (Å²) in [5.41, 5.74) is 2.75. The monoisotopic (exact) mass is 727 g/mol. The van der Waals surface area contributed by atoms with Crippen molar-refractivity contribution < 1.29 is 43.9 Å². The second kappa shape index (κ2) is 21.3. The van der Waals surface area contributed by atoms with Crippen LogP contribution in [0.4, 0.5) is 4.79 Å². The normalized spacial score (nSPS) is 25.3. The lowest BCUT2D eigenvalue weighted by atomic mass is 9.55. The Bertz CT molecular complexity index is 1350. The molecule has 12 heteroatoms. The van der Waals surface area contributed by atoms with Gasteiger partial charge in [0, 0.05) is 44.2 Å². The fraction of sp³-hybridized carbons (Fsp3) is 0.650. The number of hydrogen-bond acceptors (Lipinski definition) is 10. The Morgan fingerprint density at radius 2 is 1.83 bits per heavy atom. The first-order valence-electron chi connectivity index (χ1n) is 19.1. The number of nitrogens with zero attached hydrogens (tertiary/aromatic N) is 2. The highest BCUT2D eigenvalue weighted by Crippen LogP contribution is 2.61. The average Bonchev–Trinajstić information content (AvgIpc) is 3.15. The van der Waals surface area contributed by atoms with Crippen LogP contribution in [0.1, 0.15) is 76.7 Å². The van der Waals surface area contributed by atoms with E-state index in [4.69, 9.17) is 34.0 Å². The summed E-state index contributed by atoms with van der Waals surface area (Å²) < 4.78 is 25.6. The maximum atomic E-state index is 14.2. The van der Waals surface area contributed by atoms with Gasteiger partial charge in [-0.3, -0.25) is 0 Å². The van der Waals surface area contributed by atoms with Gasteiger partial charge in [0.05, 0.1) is 38.1 Å². The average molecular weight is 728 g/mol. The molecular formula is C40H61N3O9. The molecule has 1 fully saturated rings. The number of aliphatic hydroxyl groups excluding tert-OH is 3. The van der Waals surface area contributed by atoms with E-state index in [2.05, 4.69) is 30.6 Å². The third kappa shape index (κ3) is 9.76. The minimum absolute atomic E-state index is 0.0918. The van der Waals surface area contributed by atoms with Crippen molar-refractivity contribution in [1.29, 1.82) is 0 Å². The summed E-state index contributed by atoms with van der Waals surface area (Å²) in [5.74, 6) is -0.213. The number of nitrogens with one attached hydrogen (secondary N) is 1. The second-order valence-electron chi connectivity index (χ2n) is 13.6. The summed E-state index contributed by atoms with van der Waals surface area (Å²) in [6.45, 7) is 14.0. The third-order valence-corrected chi connectivity index (χ3v) is 10.2. The van der Waals surface area contributed by atoms with Gasteiger partial charge in [0.25, 0.3) is 0 Å². The van der Waals surface area contributed by atoms with Crippen molar-refractivity contribution in [2.24, 2.45) is 22.9 Å². The standard InChI is InChI=1S/C40H61N3O9/c1-5-18-43(39(47)41-17-24-48-25-21-46)36-28-34(42-51-8-4)32-26-29(13-9-11-19-44)31(14-10-12-20-45)37-33-27-30(49-22-6-2)15-16-35(33)52-40(36,38(32)37)50-23-7-3/h6-7,15-16,26-27,29,31,36-38,44-46H,2-3,5,8-14,17-25,28H2,1,4H3,(H,41,47)/t29-,31+,36-,37+,38+,40+/m0/s1. The zero-order chi connectivity index (χ0) is 37.3. The molecule has 0 radical (unpaired) electrons. The van der Waals surface area contributed by atoms with Gasteiger partial charge in [0.1, 0.15) is 30.8 Å². The fourth-order valence-electron chi connectivity index (χ4n) is 8.17. The fourth-order valence-corrected chi connectivity index (χ4v) is 8.17. The molecule has 0 bridgehead atoms. The number of ether oxygens (including phenoxy) is 4. The van der Waals surface area contributed by atoms with Crippen molar-refractivity contribution in [1.82, 2.24) is 10.2 Å². The van der Waals surface area contributed by atoms with Gasteiger partial charge in [-0.15, -0.1) is 6.58 Å². The number of rotatable bonds is 24. The van der Waals surface area contributed by atoms with Crippen LogP contribution in [-0.2, 0) is 14.3 Å². The molecule has 3 aliphatic rings. The molecule has 52 heavy (non-hydrogen) atoms. The Morgan fingerprint density at radius 3 is 2.52 bits per heavy atom. The van der Waals surface area contributed by atoms with Crippen LogP contribution < -0.4 is 14.8 Å². The van der Waals surface area contributed by atoms with Crippen molar-refractivity contribution in [3.63, 3.8) is 0 Å². The molecule has 6 atom stereocenters. The number of oxime groups is 1. The zero-order valence-electron chi connectivity index (χ0n) is 31.2. The smallest absolute Gasteiger partial charge is 0.317 e. The van der Waals surface area contributed by atoms with E-state index in [1.807, 2.05) is 30.9 Å². The Balaban J connectivity index is 1.96. The lowest BCUT2D eigenvalue weighted by Crippen LogP contribution is -2.70. The molecule has 2 amide bonds. The van der Waals surface area contributed by atoms with E-state index < -0.39 is 11.8 Å². The highest BCUT2D eigenvalue weighted by atomic mass is 16.7. The molecule has 0 unspecified atom stereocenters. The first-order valence-corrected chi connectivity index (χ1v) is 19.1. The molecule has 0 aromatic heterocycles. The summed E-state index contributed by atoms with van der Waals surface area (Å²) in [6, 6.07) is 5.02. The highest BCUT2D eigenvalue weighted by molar-refractivity contribution is 6.03. The molecule has 1 saturated carbocycles. The van der Waals surface area contributed by atoms with E-state index >= 15 is 0 Å². The molecule has 290 valence electrons. The molecule has 2 aliphatic carbocycles. The first-order chi connectivity index (χ1) is 25.4. The summed E-state index contributed by atoms with van der Waals surface area (Å²) in [5, 5.41) is 36.4. The first kappa shape index (κ1) is 41.3. The maximum absolute atomic E-state index is 14.2. The van der Waals surface area contributed by atoms with E-state index in [0.717, 1.165) is 42.5 Å². The van der Waals surface area contributed by atoms with Gasteiger partial charge < -0.3 is 49.3 Å². The van der Waals surface area contributed by atoms with E-state index in [-0.39, 0.29) is 75.9 Å². The van der Waals surface area contributed by atoms with Crippen LogP contribution in [0.15, 0.2) is 60.3 Å². The quantitative estimate of drug-likeness (QED) is 0.0629. The summed E-state index contributed by atoms with van der Waals surface area (Å²) in [7, 11) is 0. The van der Waals surface area contributed by atoms with E-state index in [1.54, 1.807) is 12.2 Å². The summed E-state index contributed by atoms with van der Waals surface area (Å²) in [6.07, 6.45) is 11.6. The maximum Gasteiger partial charge on any atom is 0.317 e. The van der Waals surface area contributed by atoms with Gasteiger partial charge in [-0.1, -0.05) is 49.7 Å². The number of aliphatic hydroxyl groups is 3. The van der Waals surface area contributed by atoms with Crippen molar-refractivity contribution in [2.45, 2.75) is 83.0 Å². The number of hydrogen-bond donors (Lipinski definition) is 4. The van der Waals surface area contributed by atoms with Crippen LogP contribution in [0, 0.1) is 17.8 Å². The van der Waals surface area contributed by atoms with Crippen LogP contribution in [0.3, 0.4) is 0 Å². The van der Waals surface area contributed by atoms with Crippen LogP contribution in [-0.4, -0.2) is 110 Å². The van der Waals surface area contributed by atoms with Crippen LogP contribution in [0.2, 0.25) is 0 Å². The number of urea groups is 1. The Labute approximate surface area is 309 Å². The molecule has 12 nitrogen and oxygen atoms in total. The van der Waals surface area contributed by atoms with Crippen molar-refractivity contribution in [3.05, 3.63) is 60.7 Å². The Morgan fingerprint density at radius 1 is 1.06 bits per heavy atom.